The first-order valence-electron chi connectivity index (χ1n) is 9.16. The maximum atomic E-state index is 12.9. The average Bonchev–Trinajstić information content (AvgIpc) is 2.68. The number of halogens is 4. The minimum Gasteiger partial charge on any atom is -0.379 e. The predicted molar refractivity (Wildman–Crippen MR) is 103 cm³/mol. The third kappa shape index (κ3) is 5.46. The number of amides is 1. The Hall–Kier alpha value is -2.16. The molecular formula is C20H21ClF3N3O2. The highest BCUT2D eigenvalue weighted by Gasteiger charge is 2.31. The van der Waals surface area contributed by atoms with Crippen LogP contribution in [-0.2, 0) is 10.9 Å². The summed E-state index contributed by atoms with van der Waals surface area (Å²) in [7, 11) is 0. The Morgan fingerprint density at radius 2 is 1.86 bits per heavy atom. The quantitative estimate of drug-likeness (QED) is 0.736. The lowest BCUT2D eigenvalue weighted by atomic mass is 10.0. The summed E-state index contributed by atoms with van der Waals surface area (Å²) in [5, 5.41) is 3.17. The molecular weight excluding hydrogens is 407 g/mol. The van der Waals surface area contributed by atoms with Gasteiger partial charge in [-0.1, -0.05) is 23.7 Å². The van der Waals surface area contributed by atoms with E-state index in [9.17, 15) is 18.0 Å². The van der Waals surface area contributed by atoms with Gasteiger partial charge in [0, 0.05) is 19.6 Å². The van der Waals surface area contributed by atoms with Gasteiger partial charge >= 0.3 is 6.18 Å². The lowest BCUT2D eigenvalue weighted by Crippen LogP contribution is -2.44. The number of carbonyl (C=O) groups excluding carboxylic acids is 1. The van der Waals surface area contributed by atoms with E-state index in [1.165, 1.54) is 12.1 Å². The van der Waals surface area contributed by atoms with Crippen LogP contribution in [0, 0.1) is 6.92 Å². The SMILES string of the molecule is Cc1nc(Cl)ccc1C(=O)NC[C@@H](c1ccc(C(F)(F)F)cc1)N1CCOCC1. The summed E-state index contributed by atoms with van der Waals surface area (Å²) in [6.07, 6.45) is -4.39. The van der Waals surface area contributed by atoms with Crippen molar-refractivity contribution in [1.29, 1.82) is 0 Å². The number of hydrogen-bond donors (Lipinski definition) is 1. The molecule has 29 heavy (non-hydrogen) atoms. The van der Waals surface area contributed by atoms with Crippen molar-refractivity contribution in [2.45, 2.75) is 19.1 Å². The highest BCUT2D eigenvalue weighted by Crippen LogP contribution is 2.31. The molecule has 0 aliphatic carbocycles. The smallest absolute Gasteiger partial charge is 0.379 e. The fraction of sp³-hybridized carbons (Fsp3) is 0.400. The maximum absolute atomic E-state index is 12.9. The van der Waals surface area contributed by atoms with Crippen LogP contribution in [0.2, 0.25) is 5.15 Å². The second-order valence-electron chi connectivity index (χ2n) is 6.76. The number of ether oxygens (including phenoxy) is 1. The monoisotopic (exact) mass is 427 g/mol. The third-order valence-corrected chi connectivity index (χ3v) is 5.07. The van der Waals surface area contributed by atoms with Crippen molar-refractivity contribution in [1.82, 2.24) is 15.2 Å². The van der Waals surface area contributed by atoms with E-state index in [0.717, 1.165) is 12.1 Å². The summed E-state index contributed by atoms with van der Waals surface area (Å²) in [6.45, 7) is 4.26. The number of benzene rings is 1. The zero-order valence-corrected chi connectivity index (χ0v) is 16.6. The Bertz CT molecular complexity index is 853. The van der Waals surface area contributed by atoms with Crippen LogP contribution < -0.4 is 5.32 Å². The molecule has 0 unspecified atom stereocenters. The molecule has 1 atom stereocenters. The fourth-order valence-electron chi connectivity index (χ4n) is 3.30. The zero-order valence-electron chi connectivity index (χ0n) is 15.8. The van der Waals surface area contributed by atoms with E-state index in [-0.39, 0.29) is 18.5 Å². The minimum absolute atomic E-state index is 0.242. The van der Waals surface area contributed by atoms with Crippen LogP contribution in [0.1, 0.15) is 33.2 Å². The summed E-state index contributed by atoms with van der Waals surface area (Å²) >= 11 is 5.83. The number of pyridine rings is 1. The van der Waals surface area contributed by atoms with E-state index in [0.29, 0.717) is 48.3 Å². The van der Waals surface area contributed by atoms with Gasteiger partial charge in [-0.2, -0.15) is 13.2 Å². The number of alkyl halides is 3. The second-order valence-corrected chi connectivity index (χ2v) is 7.15. The van der Waals surface area contributed by atoms with Gasteiger partial charge in [0.1, 0.15) is 5.15 Å². The molecule has 1 saturated heterocycles. The maximum Gasteiger partial charge on any atom is 0.416 e. The van der Waals surface area contributed by atoms with Crippen LogP contribution in [-0.4, -0.2) is 48.6 Å². The molecule has 0 bridgehead atoms. The lowest BCUT2D eigenvalue weighted by Gasteiger charge is -2.35. The number of nitrogens with zero attached hydrogens (tertiary/aromatic N) is 2. The van der Waals surface area contributed by atoms with Gasteiger partial charge in [-0.3, -0.25) is 9.69 Å². The molecule has 1 aromatic carbocycles. The number of carbonyl (C=O) groups is 1. The van der Waals surface area contributed by atoms with Gasteiger partial charge in [0.2, 0.25) is 0 Å². The van der Waals surface area contributed by atoms with Crippen molar-refractivity contribution in [3.8, 4) is 0 Å². The number of hydrogen-bond acceptors (Lipinski definition) is 4. The average molecular weight is 428 g/mol. The summed E-state index contributed by atoms with van der Waals surface area (Å²) in [4.78, 5) is 18.8. The van der Waals surface area contributed by atoms with E-state index in [2.05, 4.69) is 15.2 Å². The molecule has 2 aromatic rings. The van der Waals surface area contributed by atoms with Gasteiger partial charge < -0.3 is 10.1 Å². The first-order valence-corrected chi connectivity index (χ1v) is 9.54. The van der Waals surface area contributed by atoms with Crippen LogP contribution in [0.5, 0.6) is 0 Å². The largest absolute Gasteiger partial charge is 0.416 e. The summed E-state index contributed by atoms with van der Waals surface area (Å²) in [6, 6.07) is 7.93. The first kappa shape index (κ1) is 21.5. The van der Waals surface area contributed by atoms with Crippen molar-refractivity contribution < 1.29 is 22.7 Å². The summed E-state index contributed by atoms with van der Waals surface area (Å²) in [5.41, 5.74) is 0.912. The number of aryl methyl sites for hydroxylation is 1. The standard InChI is InChI=1S/C20H21ClF3N3O2/c1-13-16(6-7-18(21)26-13)19(28)25-12-17(27-8-10-29-11-9-27)14-2-4-15(5-3-14)20(22,23)24/h2-7,17H,8-12H2,1H3,(H,25,28)/t17-/m0/s1. The molecule has 156 valence electrons. The lowest BCUT2D eigenvalue weighted by molar-refractivity contribution is -0.137. The Balaban J connectivity index is 1.77. The van der Waals surface area contributed by atoms with Crippen LogP contribution >= 0.6 is 11.6 Å². The molecule has 1 fully saturated rings. The third-order valence-electron chi connectivity index (χ3n) is 4.86. The Morgan fingerprint density at radius 3 is 2.45 bits per heavy atom. The van der Waals surface area contributed by atoms with Gasteiger partial charge in [-0.15, -0.1) is 0 Å². The predicted octanol–water partition coefficient (Wildman–Crippen LogP) is 3.87. The van der Waals surface area contributed by atoms with Crippen LogP contribution in [0.15, 0.2) is 36.4 Å². The van der Waals surface area contributed by atoms with Gasteiger partial charge in [-0.25, -0.2) is 4.98 Å². The van der Waals surface area contributed by atoms with E-state index < -0.39 is 11.7 Å². The van der Waals surface area contributed by atoms with Gasteiger partial charge in [0.05, 0.1) is 36.1 Å². The van der Waals surface area contributed by atoms with Crippen molar-refractivity contribution >= 4 is 17.5 Å². The zero-order chi connectivity index (χ0) is 21.0. The number of nitrogens with one attached hydrogen (secondary N) is 1. The topological polar surface area (TPSA) is 54.5 Å². The fourth-order valence-corrected chi connectivity index (χ4v) is 3.49. The summed E-state index contributed by atoms with van der Waals surface area (Å²) in [5.74, 6) is -0.308. The second kappa shape index (κ2) is 9.11. The molecule has 1 amide bonds. The molecule has 1 aliphatic heterocycles. The van der Waals surface area contributed by atoms with Gasteiger partial charge in [0.25, 0.3) is 5.91 Å². The van der Waals surface area contributed by atoms with Crippen molar-refractivity contribution in [3.63, 3.8) is 0 Å². The van der Waals surface area contributed by atoms with E-state index in [1.807, 2.05) is 0 Å². The highest BCUT2D eigenvalue weighted by molar-refractivity contribution is 6.29. The molecule has 1 N–H and O–H groups in total. The molecule has 9 heteroatoms. The number of morpholine rings is 1. The van der Waals surface area contributed by atoms with E-state index >= 15 is 0 Å². The molecule has 5 nitrogen and oxygen atoms in total. The molecule has 1 aliphatic rings. The van der Waals surface area contributed by atoms with Crippen LogP contribution in [0.25, 0.3) is 0 Å². The van der Waals surface area contributed by atoms with Gasteiger partial charge in [-0.05, 0) is 36.8 Å². The van der Waals surface area contributed by atoms with E-state index in [4.69, 9.17) is 16.3 Å². The van der Waals surface area contributed by atoms with Crippen molar-refractivity contribution in [2.75, 3.05) is 32.8 Å². The normalized spacial score (nSPS) is 16.4. The van der Waals surface area contributed by atoms with Crippen LogP contribution in [0.4, 0.5) is 13.2 Å². The Morgan fingerprint density at radius 1 is 1.21 bits per heavy atom. The molecule has 2 heterocycles. The van der Waals surface area contributed by atoms with Crippen LogP contribution in [0.3, 0.4) is 0 Å². The molecule has 0 radical (unpaired) electrons. The Kier molecular flexibility index (Phi) is 6.77. The molecule has 3 rings (SSSR count). The number of rotatable bonds is 5. The molecule has 0 saturated carbocycles. The Labute approximate surface area is 171 Å². The van der Waals surface area contributed by atoms with Gasteiger partial charge in [0.15, 0.2) is 0 Å². The first-order chi connectivity index (χ1) is 13.8. The molecule has 1 aromatic heterocycles. The van der Waals surface area contributed by atoms with Crippen molar-refractivity contribution in [2.24, 2.45) is 0 Å². The minimum atomic E-state index is -4.39. The molecule has 0 spiro atoms. The summed E-state index contributed by atoms with van der Waals surface area (Å²) < 4.78 is 44.0. The number of aromatic nitrogens is 1. The van der Waals surface area contributed by atoms with Crippen molar-refractivity contribution in [3.05, 3.63) is 63.9 Å². The highest BCUT2D eigenvalue weighted by atomic mass is 35.5. The van der Waals surface area contributed by atoms with E-state index in [1.54, 1.807) is 19.1 Å².